The van der Waals surface area contributed by atoms with Gasteiger partial charge in [0, 0.05) is 9.83 Å². The van der Waals surface area contributed by atoms with Crippen molar-refractivity contribution < 1.29 is 19.3 Å². The van der Waals surface area contributed by atoms with E-state index in [9.17, 15) is 30.3 Å². The molecule has 1 aliphatic rings. The van der Waals surface area contributed by atoms with Crippen LogP contribution in [0.1, 0.15) is 18.4 Å². The summed E-state index contributed by atoms with van der Waals surface area (Å²) in [6, 6.07) is 0.279. The SMILES string of the molecule is O=[N+]1CCC([N+](=O)[O-])C(CCc2c[n+]([O-])ccc2[N+](=O)[O-])C1. The van der Waals surface area contributed by atoms with Crippen LogP contribution in [-0.2, 0) is 6.42 Å². The van der Waals surface area contributed by atoms with Gasteiger partial charge in [-0.15, -0.1) is 0 Å². The fraction of sp³-hybridized carbons (Fsp3) is 0.583. The summed E-state index contributed by atoms with van der Waals surface area (Å²) in [4.78, 5) is 32.4. The lowest BCUT2D eigenvalue weighted by Gasteiger charge is -2.20. The van der Waals surface area contributed by atoms with Crippen LogP contribution >= 0.6 is 0 Å². The first kappa shape index (κ1) is 15.7. The Hall–Kier alpha value is -2.65. The van der Waals surface area contributed by atoms with Gasteiger partial charge >= 0.3 is 0 Å². The van der Waals surface area contributed by atoms with Crippen LogP contribution in [0.2, 0.25) is 0 Å². The van der Waals surface area contributed by atoms with E-state index in [1.54, 1.807) is 0 Å². The van der Waals surface area contributed by atoms with Crippen LogP contribution in [-0.4, -0.2) is 33.7 Å². The number of nitro groups is 2. The molecule has 0 N–H and O–H groups in total. The molecule has 0 saturated carbocycles. The summed E-state index contributed by atoms with van der Waals surface area (Å²) >= 11 is 0. The zero-order chi connectivity index (χ0) is 16.3. The summed E-state index contributed by atoms with van der Waals surface area (Å²) in [5, 5.41) is 33.2. The number of aryl methyl sites for hydroxylation is 1. The maximum Gasteiger partial charge on any atom is 0.284 e. The molecule has 2 atom stereocenters. The highest BCUT2D eigenvalue weighted by atomic mass is 16.6. The van der Waals surface area contributed by atoms with E-state index < -0.39 is 21.8 Å². The van der Waals surface area contributed by atoms with Gasteiger partial charge in [-0.25, -0.2) is 0 Å². The van der Waals surface area contributed by atoms with E-state index in [0.717, 1.165) is 23.2 Å². The molecule has 10 heteroatoms. The van der Waals surface area contributed by atoms with Gasteiger partial charge in [0.2, 0.25) is 12.6 Å². The molecule has 0 amide bonds. The van der Waals surface area contributed by atoms with Gasteiger partial charge in [-0.3, -0.25) is 20.2 Å². The smallest absolute Gasteiger partial charge is 0.284 e. The Morgan fingerprint density at radius 1 is 1.32 bits per heavy atom. The molecule has 0 spiro atoms. The average molecular weight is 311 g/mol. The Bertz CT molecular complexity index is 620. The highest BCUT2D eigenvalue weighted by Gasteiger charge is 2.41. The van der Waals surface area contributed by atoms with Crippen molar-refractivity contribution in [3.63, 3.8) is 0 Å². The molecular formula is C12H15N4O6+. The number of pyridine rings is 1. The Morgan fingerprint density at radius 2 is 2.05 bits per heavy atom. The molecule has 2 unspecified atom stereocenters. The topological polar surface area (TPSA) is 133 Å². The number of nitroso groups, excluding NO2 is 1. The first-order valence-corrected chi connectivity index (χ1v) is 6.80. The van der Waals surface area contributed by atoms with Gasteiger partial charge in [0.15, 0.2) is 18.9 Å². The zero-order valence-corrected chi connectivity index (χ0v) is 11.7. The maximum absolute atomic E-state index is 11.4. The van der Waals surface area contributed by atoms with E-state index in [-0.39, 0.29) is 43.6 Å². The summed E-state index contributed by atoms with van der Waals surface area (Å²) in [5.41, 5.74) is 0.0205. The Labute approximate surface area is 124 Å². The number of hydrogen-bond acceptors (Lipinski definition) is 6. The highest BCUT2D eigenvalue weighted by molar-refractivity contribution is 5.35. The van der Waals surface area contributed by atoms with Crippen LogP contribution in [0.3, 0.4) is 0 Å². The van der Waals surface area contributed by atoms with Gasteiger partial charge in [0.1, 0.15) is 0 Å². The molecular weight excluding hydrogens is 296 g/mol. The molecule has 118 valence electrons. The van der Waals surface area contributed by atoms with E-state index in [1.807, 2.05) is 0 Å². The molecule has 0 aromatic carbocycles. The van der Waals surface area contributed by atoms with Crippen molar-refractivity contribution >= 4 is 5.69 Å². The Morgan fingerprint density at radius 3 is 2.68 bits per heavy atom. The Kier molecular flexibility index (Phi) is 4.59. The minimum atomic E-state index is -0.827. The van der Waals surface area contributed by atoms with E-state index in [2.05, 4.69) is 0 Å². The molecule has 0 bridgehead atoms. The molecule has 10 nitrogen and oxygen atoms in total. The van der Waals surface area contributed by atoms with Crippen molar-refractivity contribution in [2.24, 2.45) is 5.92 Å². The maximum atomic E-state index is 11.4. The first-order chi connectivity index (χ1) is 10.4. The molecule has 1 saturated heterocycles. The van der Waals surface area contributed by atoms with Crippen molar-refractivity contribution in [3.05, 3.63) is 54.4 Å². The molecule has 2 heterocycles. The van der Waals surface area contributed by atoms with E-state index in [0.29, 0.717) is 4.73 Å². The highest BCUT2D eigenvalue weighted by Crippen LogP contribution is 2.25. The van der Waals surface area contributed by atoms with E-state index >= 15 is 0 Å². The lowest BCUT2D eigenvalue weighted by atomic mass is 9.88. The van der Waals surface area contributed by atoms with Gasteiger partial charge < -0.3 is 5.21 Å². The zero-order valence-electron chi connectivity index (χ0n) is 11.7. The van der Waals surface area contributed by atoms with Crippen LogP contribution in [0.15, 0.2) is 18.5 Å². The number of hydrogen-bond donors (Lipinski definition) is 0. The number of rotatable bonds is 5. The van der Waals surface area contributed by atoms with Gasteiger partial charge in [-0.2, -0.15) is 4.73 Å². The normalized spacial score (nSPS) is 21.5. The summed E-state index contributed by atoms with van der Waals surface area (Å²) in [6.07, 6.45) is 2.68. The third kappa shape index (κ3) is 3.51. The summed E-state index contributed by atoms with van der Waals surface area (Å²) in [5.74, 6) is -0.485. The van der Waals surface area contributed by atoms with Crippen molar-refractivity contribution in [3.8, 4) is 0 Å². The van der Waals surface area contributed by atoms with Gasteiger partial charge in [-0.1, -0.05) is 0 Å². The largest absolute Gasteiger partial charge is 0.619 e. The summed E-state index contributed by atoms with van der Waals surface area (Å²) < 4.78 is 1.23. The average Bonchev–Trinajstić information content (AvgIpc) is 2.44. The molecule has 0 aliphatic carbocycles. The predicted molar refractivity (Wildman–Crippen MR) is 72.6 cm³/mol. The first-order valence-electron chi connectivity index (χ1n) is 6.80. The van der Waals surface area contributed by atoms with Gasteiger partial charge in [0.25, 0.3) is 5.69 Å². The van der Waals surface area contributed by atoms with Crippen molar-refractivity contribution in [2.45, 2.75) is 25.3 Å². The van der Waals surface area contributed by atoms with Crippen LogP contribution in [0, 0.1) is 36.3 Å². The summed E-state index contributed by atoms with van der Waals surface area (Å²) in [6.45, 7) is 0.151. The monoisotopic (exact) mass is 311 g/mol. The van der Waals surface area contributed by atoms with Gasteiger partial charge in [-0.05, 0) is 17.6 Å². The van der Waals surface area contributed by atoms with Crippen molar-refractivity contribution in [1.29, 1.82) is 0 Å². The van der Waals surface area contributed by atoms with Crippen LogP contribution in [0.4, 0.5) is 5.69 Å². The fourth-order valence-corrected chi connectivity index (χ4v) is 2.77. The second-order valence-corrected chi connectivity index (χ2v) is 5.30. The minimum Gasteiger partial charge on any atom is -0.619 e. The van der Waals surface area contributed by atoms with Gasteiger partial charge in [0.05, 0.1) is 28.9 Å². The van der Waals surface area contributed by atoms with Crippen LogP contribution in [0.25, 0.3) is 0 Å². The Balaban J connectivity index is 2.14. The lowest BCUT2D eigenvalue weighted by molar-refractivity contribution is -0.616. The molecule has 1 aromatic rings. The number of piperidine rings is 1. The standard InChI is InChI=1S/C12H15N4O6/c17-13-5-3-11(15(19)20)9(7-13)1-2-10-8-14(18)6-4-12(10)16(21)22/h3,5,7,10,12H,1-2,4,6,8H2/q+1. The predicted octanol–water partition coefficient (Wildman–Crippen LogP) is 0.605. The third-order valence-corrected chi connectivity index (χ3v) is 3.90. The quantitative estimate of drug-likeness (QED) is 0.338. The molecule has 2 rings (SSSR count). The fourth-order valence-electron chi connectivity index (χ4n) is 2.77. The number of aromatic nitrogens is 1. The third-order valence-electron chi connectivity index (χ3n) is 3.90. The second-order valence-electron chi connectivity index (χ2n) is 5.30. The van der Waals surface area contributed by atoms with Crippen molar-refractivity contribution in [1.82, 2.24) is 0 Å². The van der Waals surface area contributed by atoms with Crippen LogP contribution in [0.5, 0.6) is 0 Å². The molecule has 0 radical (unpaired) electrons. The molecule has 1 fully saturated rings. The van der Waals surface area contributed by atoms with E-state index in [1.165, 1.54) is 0 Å². The summed E-state index contributed by atoms with van der Waals surface area (Å²) in [7, 11) is 0. The minimum absolute atomic E-state index is 0.0314. The molecule has 1 aliphatic heterocycles. The molecule has 22 heavy (non-hydrogen) atoms. The van der Waals surface area contributed by atoms with E-state index in [4.69, 9.17) is 0 Å². The lowest BCUT2D eigenvalue weighted by Crippen LogP contribution is -2.42. The molecule has 1 aromatic heterocycles. The van der Waals surface area contributed by atoms with Crippen LogP contribution < -0.4 is 4.73 Å². The number of nitrogens with zero attached hydrogens (tertiary/aromatic N) is 4. The van der Waals surface area contributed by atoms with Crippen molar-refractivity contribution in [2.75, 3.05) is 13.1 Å². The second kappa shape index (κ2) is 6.41.